The van der Waals surface area contributed by atoms with Gasteiger partial charge in [-0.3, -0.25) is 9.59 Å². The normalized spacial score (nSPS) is 26.4. The van der Waals surface area contributed by atoms with Crippen LogP contribution in [0.2, 0.25) is 0 Å². The number of aliphatic carboxylic acids is 1. The summed E-state index contributed by atoms with van der Waals surface area (Å²) in [6, 6.07) is -1.24. The predicted molar refractivity (Wildman–Crippen MR) is 119 cm³/mol. The van der Waals surface area contributed by atoms with Crippen LogP contribution in [-0.4, -0.2) is 140 Å². The number of hydrogen-bond acceptors (Lipinski definition) is 10. The summed E-state index contributed by atoms with van der Waals surface area (Å²) in [5.74, 6) is -3.49. The molecule has 1 heterocycles. The van der Waals surface area contributed by atoms with Gasteiger partial charge in [0.1, 0.15) is 18.3 Å². The molecule has 0 aromatic rings. The van der Waals surface area contributed by atoms with E-state index in [0.717, 1.165) is 6.92 Å². The van der Waals surface area contributed by atoms with E-state index in [1.807, 2.05) is 0 Å². The monoisotopic (exact) mass is 503 g/mol. The molecule has 0 aromatic heterocycles. The second-order valence-corrected chi connectivity index (χ2v) is 8.41. The fraction of sp³-hybridized carbons (Fsp3) is 0.737. The molecule has 12 nitrogen and oxygen atoms in total. The molecule has 0 saturated carbocycles. The van der Waals surface area contributed by atoms with Crippen molar-refractivity contribution in [3.8, 4) is 0 Å². The predicted octanol–water partition coefficient (Wildman–Crippen LogP) is -2.80. The van der Waals surface area contributed by atoms with E-state index in [-0.39, 0.29) is 42.1 Å². The minimum absolute atomic E-state index is 0. The van der Waals surface area contributed by atoms with Crippen LogP contribution in [0.15, 0.2) is 12.7 Å². The fourth-order valence-electron chi connectivity index (χ4n) is 3.10. The molecule has 0 spiro atoms. The minimum atomic E-state index is -2.32. The van der Waals surface area contributed by atoms with Crippen molar-refractivity contribution in [3.63, 3.8) is 0 Å². The third-order valence-electron chi connectivity index (χ3n) is 4.69. The number of ether oxygens (including phenoxy) is 2. The summed E-state index contributed by atoms with van der Waals surface area (Å²) in [4.78, 5) is 34.5. The van der Waals surface area contributed by atoms with Crippen molar-refractivity contribution in [1.82, 2.24) is 10.6 Å². The number of rotatable bonds is 14. The standard InChI is InChI=1S/C19H32N2O10S.Na/c1-3-14(26)20-5-8-32-7-4-6-30-19(18(28)29)9-12(24)15(21-11(2)23)17(31-19)16(27)13(25)10-22;/h3,12-13,15-17,22,24-25,27H,1,4-10H2,2H3,(H,20,26)(H,21,23)(H,28,29);. The van der Waals surface area contributed by atoms with Gasteiger partial charge in [-0.1, -0.05) is 6.58 Å². The first-order valence-corrected chi connectivity index (χ1v) is 11.2. The van der Waals surface area contributed by atoms with Gasteiger partial charge >= 0.3 is 5.97 Å². The Morgan fingerprint density at radius 1 is 1.33 bits per heavy atom. The number of carboxylic acids is 1. The van der Waals surface area contributed by atoms with Crippen LogP contribution in [0.3, 0.4) is 0 Å². The van der Waals surface area contributed by atoms with Crippen molar-refractivity contribution in [2.24, 2.45) is 0 Å². The summed E-state index contributed by atoms with van der Waals surface area (Å²) in [5, 5.41) is 54.5. The quantitative estimate of drug-likeness (QED) is 0.0735. The number of amides is 2. The van der Waals surface area contributed by atoms with E-state index in [9.17, 15) is 34.8 Å². The molecule has 185 valence electrons. The van der Waals surface area contributed by atoms with Crippen LogP contribution in [0.4, 0.5) is 0 Å². The molecule has 7 N–H and O–H groups in total. The first kappa shape index (κ1) is 32.3. The van der Waals surface area contributed by atoms with Gasteiger partial charge in [0.25, 0.3) is 5.79 Å². The van der Waals surface area contributed by atoms with Crippen LogP contribution in [-0.2, 0) is 23.9 Å². The second kappa shape index (κ2) is 16.0. The summed E-state index contributed by atoms with van der Waals surface area (Å²) >= 11 is 1.50. The molecule has 14 heteroatoms. The number of carboxylic acid groups (broad SMARTS) is 1. The summed E-state index contributed by atoms with van der Waals surface area (Å²) in [6.07, 6.45) is -5.49. The van der Waals surface area contributed by atoms with Gasteiger partial charge in [0.2, 0.25) is 11.8 Å². The molecular formula is C19H32N2NaO10S. The summed E-state index contributed by atoms with van der Waals surface area (Å²) < 4.78 is 11.0. The van der Waals surface area contributed by atoms with E-state index in [2.05, 4.69) is 17.2 Å². The van der Waals surface area contributed by atoms with E-state index in [0.29, 0.717) is 24.5 Å². The summed E-state index contributed by atoms with van der Waals surface area (Å²) in [6.45, 7) is 4.05. The van der Waals surface area contributed by atoms with E-state index < -0.39 is 61.1 Å². The minimum Gasteiger partial charge on any atom is -0.477 e. The Hall–Kier alpha value is -0.740. The molecule has 1 radical (unpaired) electrons. The molecule has 1 aliphatic heterocycles. The molecule has 1 rings (SSSR count). The molecule has 33 heavy (non-hydrogen) atoms. The molecule has 2 amide bonds. The Morgan fingerprint density at radius 3 is 2.55 bits per heavy atom. The Kier molecular flexibility index (Phi) is 15.7. The average molecular weight is 504 g/mol. The van der Waals surface area contributed by atoms with Crippen LogP contribution in [0.1, 0.15) is 19.8 Å². The van der Waals surface area contributed by atoms with Crippen LogP contribution in [0.25, 0.3) is 0 Å². The first-order valence-electron chi connectivity index (χ1n) is 10.0. The molecular weight excluding hydrogens is 471 g/mol. The van der Waals surface area contributed by atoms with E-state index in [4.69, 9.17) is 14.6 Å². The first-order chi connectivity index (χ1) is 15.1. The number of thioether (sulfide) groups is 1. The molecule has 0 aromatic carbocycles. The van der Waals surface area contributed by atoms with E-state index in [1.165, 1.54) is 17.8 Å². The Morgan fingerprint density at radius 2 is 2.00 bits per heavy atom. The Balaban J connectivity index is 0.0000102. The largest absolute Gasteiger partial charge is 0.477 e. The number of aliphatic hydroxyl groups excluding tert-OH is 4. The second-order valence-electron chi connectivity index (χ2n) is 7.19. The van der Waals surface area contributed by atoms with Gasteiger partial charge in [0.05, 0.1) is 25.4 Å². The van der Waals surface area contributed by atoms with Crippen LogP contribution in [0.5, 0.6) is 0 Å². The molecule has 1 saturated heterocycles. The number of nitrogens with one attached hydrogen (secondary N) is 2. The van der Waals surface area contributed by atoms with Gasteiger partial charge in [-0.05, 0) is 18.2 Å². The van der Waals surface area contributed by atoms with E-state index in [1.54, 1.807) is 0 Å². The van der Waals surface area contributed by atoms with Gasteiger partial charge in [-0.15, -0.1) is 0 Å². The van der Waals surface area contributed by atoms with Crippen LogP contribution >= 0.6 is 11.8 Å². The molecule has 0 aliphatic carbocycles. The zero-order chi connectivity index (χ0) is 24.3. The molecule has 0 bridgehead atoms. The van der Waals surface area contributed by atoms with Gasteiger partial charge in [-0.2, -0.15) is 11.8 Å². The zero-order valence-corrected chi connectivity index (χ0v) is 21.6. The van der Waals surface area contributed by atoms with Crippen LogP contribution in [0, 0.1) is 0 Å². The summed E-state index contributed by atoms with van der Waals surface area (Å²) in [7, 11) is 0. The smallest absolute Gasteiger partial charge is 0.364 e. The van der Waals surface area contributed by atoms with Crippen molar-refractivity contribution in [1.29, 1.82) is 0 Å². The van der Waals surface area contributed by atoms with Gasteiger partial charge in [0, 0.05) is 55.2 Å². The van der Waals surface area contributed by atoms with Crippen LogP contribution < -0.4 is 10.6 Å². The Bertz CT molecular complexity index is 658. The summed E-state index contributed by atoms with van der Waals surface area (Å²) in [5.41, 5.74) is 0. The average Bonchev–Trinajstić information content (AvgIpc) is 2.75. The van der Waals surface area contributed by atoms with Gasteiger partial charge in [0.15, 0.2) is 0 Å². The SMILES string of the molecule is C=CC(=O)NCCSCCCOC1(C(=O)O)CC(O)C(NC(C)=O)C(C(O)C(O)CO)O1.[Na]. The maximum Gasteiger partial charge on any atom is 0.364 e. The van der Waals surface area contributed by atoms with Crippen molar-refractivity contribution >= 4 is 59.1 Å². The van der Waals surface area contributed by atoms with E-state index >= 15 is 0 Å². The zero-order valence-electron chi connectivity index (χ0n) is 18.8. The maximum absolute atomic E-state index is 12.0. The topological polar surface area (TPSA) is 195 Å². The number of aliphatic hydroxyl groups is 4. The number of hydrogen-bond donors (Lipinski definition) is 7. The van der Waals surface area contributed by atoms with Crippen molar-refractivity contribution in [2.45, 2.75) is 56.0 Å². The molecule has 1 aliphatic rings. The third-order valence-corrected chi connectivity index (χ3v) is 5.76. The van der Waals surface area contributed by atoms with Gasteiger partial charge in [-0.25, -0.2) is 4.79 Å². The molecule has 1 fully saturated rings. The third kappa shape index (κ3) is 10.2. The van der Waals surface area contributed by atoms with Crippen molar-refractivity contribution < 1.29 is 49.4 Å². The fourth-order valence-corrected chi connectivity index (χ4v) is 3.87. The number of carbonyl (C=O) groups excluding carboxylic acids is 2. The van der Waals surface area contributed by atoms with Crippen molar-refractivity contribution in [3.05, 3.63) is 12.7 Å². The van der Waals surface area contributed by atoms with Gasteiger partial charge < -0.3 is 45.6 Å². The molecule has 6 unspecified atom stereocenters. The maximum atomic E-state index is 12.0. The van der Waals surface area contributed by atoms with Crippen molar-refractivity contribution in [2.75, 3.05) is 31.3 Å². The number of carbonyl (C=O) groups is 3. The Labute approximate surface area is 218 Å². The molecule has 6 atom stereocenters.